The molecule has 0 spiro atoms. The first-order valence-corrected chi connectivity index (χ1v) is 10.8. The van der Waals surface area contributed by atoms with E-state index in [4.69, 9.17) is 0 Å². The Labute approximate surface area is 176 Å². The van der Waals surface area contributed by atoms with Gasteiger partial charge in [-0.25, -0.2) is 4.98 Å². The van der Waals surface area contributed by atoms with E-state index in [2.05, 4.69) is 15.6 Å². The SMILES string of the molecule is CC(C)C(=O)Nc1ccc(NC(=O)c2ccc(-c3nc4ccccc4s3)s2)cc1. The molecule has 0 fully saturated rings. The van der Waals surface area contributed by atoms with E-state index in [0.29, 0.717) is 16.3 Å². The number of thiazole rings is 1. The van der Waals surface area contributed by atoms with Crippen LogP contribution in [0.1, 0.15) is 23.5 Å². The number of anilines is 2. The van der Waals surface area contributed by atoms with Crippen LogP contribution in [0.15, 0.2) is 60.7 Å². The minimum Gasteiger partial charge on any atom is -0.326 e. The Morgan fingerprint density at radius 1 is 0.862 bits per heavy atom. The van der Waals surface area contributed by atoms with E-state index >= 15 is 0 Å². The lowest BCUT2D eigenvalue weighted by Crippen LogP contribution is -2.17. The highest BCUT2D eigenvalue weighted by Gasteiger charge is 2.14. The van der Waals surface area contributed by atoms with Gasteiger partial charge in [0.15, 0.2) is 0 Å². The third-order valence-electron chi connectivity index (χ3n) is 4.27. The molecule has 0 bridgehead atoms. The summed E-state index contributed by atoms with van der Waals surface area (Å²) in [5, 5.41) is 6.64. The summed E-state index contributed by atoms with van der Waals surface area (Å²) in [7, 11) is 0. The number of rotatable bonds is 5. The Bertz CT molecular complexity index is 1140. The molecule has 2 amide bonds. The number of amides is 2. The van der Waals surface area contributed by atoms with E-state index in [9.17, 15) is 9.59 Å². The van der Waals surface area contributed by atoms with E-state index < -0.39 is 0 Å². The Balaban J connectivity index is 1.44. The van der Waals surface area contributed by atoms with Gasteiger partial charge < -0.3 is 10.6 Å². The number of thiophene rings is 1. The van der Waals surface area contributed by atoms with E-state index in [0.717, 1.165) is 20.1 Å². The number of fused-ring (bicyclic) bond motifs is 1. The van der Waals surface area contributed by atoms with Gasteiger partial charge in [-0.15, -0.1) is 22.7 Å². The molecule has 29 heavy (non-hydrogen) atoms. The Morgan fingerprint density at radius 3 is 2.24 bits per heavy atom. The van der Waals surface area contributed by atoms with Crippen molar-refractivity contribution in [1.29, 1.82) is 0 Å². The van der Waals surface area contributed by atoms with Crippen molar-refractivity contribution < 1.29 is 9.59 Å². The average molecular weight is 422 g/mol. The zero-order valence-electron chi connectivity index (χ0n) is 15.9. The first kappa shape index (κ1) is 19.3. The van der Waals surface area contributed by atoms with Gasteiger partial charge in [0.2, 0.25) is 5.91 Å². The molecule has 7 heteroatoms. The first-order chi connectivity index (χ1) is 14.0. The number of carbonyl (C=O) groups is 2. The predicted molar refractivity (Wildman–Crippen MR) is 121 cm³/mol. The van der Waals surface area contributed by atoms with Gasteiger partial charge in [0.1, 0.15) is 5.01 Å². The molecule has 0 aliphatic rings. The van der Waals surface area contributed by atoms with Crippen LogP contribution in [0, 0.1) is 5.92 Å². The third kappa shape index (κ3) is 4.36. The fourth-order valence-electron chi connectivity index (χ4n) is 2.67. The minimum atomic E-state index is -0.165. The summed E-state index contributed by atoms with van der Waals surface area (Å²) in [4.78, 5) is 30.6. The molecular formula is C22H19N3O2S2. The molecule has 4 aromatic rings. The van der Waals surface area contributed by atoms with Crippen molar-refractivity contribution in [1.82, 2.24) is 4.98 Å². The molecule has 2 N–H and O–H groups in total. The van der Waals surface area contributed by atoms with Gasteiger partial charge in [-0.2, -0.15) is 0 Å². The normalized spacial score (nSPS) is 11.0. The molecule has 0 unspecified atom stereocenters. The van der Waals surface area contributed by atoms with Crippen LogP contribution in [-0.4, -0.2) is 16.8 Å². The summed E-state index contributed by atoms with van der Waals surface area (Å²) < 4.78 is 1.13. The quantitative estimate of drug-likeness (QED) is 0.423. The molecule has 0 saturated carbocycles. The first-order valence-electron chi connectivity index (χ1n) is 9.17. The summed E-state index contributed by atoms with van der Waals surface area (Å²) in [6.45, 7) is 3.68. The lowest BCUT2D eigenvalue weighted by atomic mass is 10.2. The maximum Gasteiger partial charge on any atom is 0.265 e. The second-order valence-corrected chi connectivity index (χ2v) is 8.94. The molecule has 4 rings (SSSR count). The summed E-state index contributed by atoms with van der Waals surface area (Å²) in [6.07, 6.45) is 0. The number of carbonyl (C=O) groups excluding carboxylic acids is 2. The van der Waals surface area contributed by atoms with Gasteiger partial charge in [-0.3, -0.25) is 9.59 Å². The van der Waals surface area contributed by atoms with Gasteiger partial charge in [0, 0.05) is 17.3 Å². The Kier molecular flexibility index (Phi) is 5.42. The zero-order chi connectivity index (χ0) is 20.4. The monoisotopic (exact) mass is 421 g/mol. The molecule has 0 atom stereocenters. The molecule has 5 nitrogen and oxygen atoms in total. The van der Waals surface area contributed by atoms with E-state index in [1.165, 1.54) is 11.3 Å². The van der Waals surface area contributed by atoms with Crippen LogP contribution < -0.4 is 10.6 Å². The lowest BCUT2D eigenvalue weighted by molar-refractivity contribution is -0.118. The number of hydrogen-bond donors (Lipinski definition) is 2. The maximum atomic E-state index is 12.6. The fourth-order valence-corrected chi connectivity index (χ4v) is 4.59. The highest BCUT2D eigenvalue weighted by molar-refractivity contribution is 7.26. The van der Waals surface area contributed by atoms with Gasteiger partial charge in [-0.05, 0) is 48.5 Å². The predicted octanol–water partition coefficient (Wildman–Crippen LogP) is 5.87. The van der Waals surface area contributed by atoms with Crippen LogP contribution in [0.3, 0.4) is 0 Å². The number of aromatic nitrogens is 1. The van der Waals surface area contributed by atoms with Gasteiger partial charge in [-0.1, -0.05) is 26.0 Å². The van der Waals surface area contributed by atoms with Crippen LogP contribution in [-0.2, 0) is 4.79 Å². The molecule has 0 aliphatic carbocycles. The number of nitrogens with zero attached hydrogens (tertiary/aromatic N) is 1. The Hall–Kier alpha value is -3.03. The third-order valence-corrected chi connectivity index (χ3v) is 6.56. The van der Waals surface area contributed by atoms with E-state index in [1.807, 2.05) is 50.2 Å². The Morgan fingerprint density at radius 2 is 1.55 bits per heavy atom. The fraction of sp³-hybridized carbons (Fsp3) is 0.136. The highest BCUT2D eigenvalue weighted by atomic mass is 32.1. The van der Waals surface area contributed by atoms with Crippen LogP contribution in [0.25, 0.3) is 20.1 Å². The number of nitrogens with one attached hydrogen (secondary N) is 2. The molecule has 0 aliphatic heterocycles. The van der Waals surface area contributed by atoms with Gasteiger partial charge >= 0.3 is 0 Å². The van der Waals surface area contributed by atoms with E-state index in [1.54, 1.807) is 35.6 Å². The van der Waals surface area contributed by atoms with Gasteiger partial charge in [0.25, 0.3) is 5.91 Å². The van der Waals surface area contributed by atoms with Crippen molar-refractivity contribution in [2.24, 2.45) is 5.92 Å². The molecule has 2 aromatic carbocycles. The van der Waals surface area contributed by atoms with Gasteiger partial charge in [0.05, 0.1) is 20.0 Å². The molecule has 2 aromatic heterocycles. The van der Waals surface area contributed by atoms with E-state index in [-0.39, 0.29) is 17.7 Å². The van der Waals surface area contributed by atoms with Crippen molar-refractivity contribution in [3.8, 4) is 9.88 Å². The van der Waals surface area contributed by atoms with Crippen LogP contribution >= 0.6 is 22.7 Å². The van der Waals surface area contributed by atoms with Crippen molar-refractivity contribution >= 4 is 56.1 Å². The summed E-state index contributed by atoms with van der Waals surface area (Å²) in [5.74, 6) is -0.290. The van der Waals surface area contributed by atoms with Crippen molar-refractivity contribution in [2.75, 3.05) is 10.6 Å². The summed E-state index contributed by atoms with van der Waals surface area (Å²) in [5.41, 5.74) is 2.35. The lowest BCUT2D eigenvalue weighted by Gasteiger charge is -2.09. The largest absolute Gasteiger partial charge is 0.326 e. The maximum absolute atomic E-state index is 12.6. The highest BCUT2D eigenvalue weighted by Crippen LogP contribution is 2.34. The molecule has 146 valence electrons. The topological polar surface area (TPSA) is 71.1 Å². The van der Waals surface area contributed by atoms with Crippen LogP contribution in [0.4, 0.5) is 11.4 Å². The molecular weight excluding hydrogens is 402 g/mol. The summed E-state index contributed by atoms with van der Waals surface area (Å²) in [6, 6.07) is 18.9. The number of benzene rings is 2. The molecule has 0 saturated heterocycles. The smallest absolute Gasteiger partial charge is 0.265 e. The second kappa shape index (κ2) is 8.14. The zero-order valence-corrected chi connectivity index (χ0v) is 17.6. The van der Waals surface area contributed by atoms with Crippen LogP contribution in [0.2, 0.25) is 0 Å². The number of para-hydroxylation sites is 1. The molecule has 0 radical (unpaired) electrons. The second-order valence-electron chi connectivity index (χ2n) is 6.83. The minimum absolute atomic E-state index is 0.0391. The van der Waals surface area contributed by atoms with Crippen molar-refractivity contribution in [3.05, 3.63) is 65.5 Å². The number of hydrogen-bond acceptors (Lipinski definition) is 5. The standard InChI is InChI=1S/C22H19N3O2S2/c1-13(2)20(26)23-14-7-9-15(10-8-14)24-21(27)18-11-12-19(28-18)22-25-16-5-3-4-6-17(16)29-22/h3-13H,1-2H3,(H,23,26)(H,24,27). The molecule has 2 heterocycles. The average Bonchev–Trinajstić information content (AvgIpc) is 3.36. The van der Waals surface area contributed by atoms with Crippen LogP contribution in [0.5, 0.6) is 0 Å². The summed E-state index contributed by atoms with van der Waals surface area (Å²) >= 11 is 3.04. The van der Waals surface area contributed by atoms with Crippen molar-refractivity contribution in [2.45, 2.75) is 13.8 Å². The van der Waals surface area contributed by atoms with Crippen molar-refractivity contribution in [3.63, 3.8) is 0 Å².